The topological polar surface area (TPSA) is 26.0 Å². The predicted molar refractivity (Wildman–Crippen MR) is 46.9 cm³/mol. The lowest BCUT2D eigenvalue weighted by atomic mass is 10.2. The van der Waals surface area contributed by atoms with Crippen molar-refractivity contribution in [2.75, 3.05) is 0 Å². The van der Waals surface area contributed by atoms with Crippen LogP contribution in [0, 0.1) is 6.92 Å². The molecule has 2 aromatic rings. The van der Waals surface area contributed by atoms with E-state index in [9.17, 15) is 0 Å². The molecule has 0 aliphatic heterocycles. The molecule has 0 aliphatic carbocycles. The molecule has 0 amide bonds. The zero-order chi connectivity index (χ0) is 7.84. The minimum atomic E-state index is 0.727. The van der Waals surface area contributed by atoms with Crippen molar-refractivity contribution >= 4 is 24.7 Å². The molecule has 2 rings (SSSR count). The van der Waals surface area contributed by atoms with Crippen molar-refractivity contribution in [1.82, 2.24) is 4.98 Å². The molecule has 0 unspecified atom stereocenters. The Labute approximate surface area is 65.6 Å². The number of benzene rings is 1. The molecule has 11 heavy (non-hydrogen) atoms. The Hall–Kier alpha value is -1.25. The SMILES string of the molecule is Bc1nc2ccc(C)cc2o1. The molecule has 0 saturated heterocycles. The molecule has 0 aliphatic rings. The fraction of sp³-hybridized carbons (Fsp3) is 0.125. The Kier molecular flexibility index (Phi) is 1.25. The molecule has 0 atom stereocenters. The van der Waals surface area contributed by atoms with Crippen LogP contribution in [0.25, 0.3) is 11.1 Å². The minimum absolute atomic E-state index is 0.727. The molecular weight excluding hydrogens is 137 g/mol. The molecule has 0 N–H and O–H groups in total. The molecule has 1 aromatic heterocycles. The normalized spacial score (nSPS) is 10.6. The molecule has 0 saturated carbocycles. The predicted octanol–water partition coefficient (Wildman–Crippen LogP) is 0.395. The Morgan fingerprint density at radius 2 is 2.27 bits per heavy atom. The van der Waals surface area contributed by atoms with Crippen LogP contribution in [-0.4, -0.2) is 12.8 Å². The van der Waals surface area contributed by atoms with Crippen molar-refractivity contribution in [2.24, 2.45) is 0 Å². The first-order valence-electron chi connectivity index (χ1n) is 3.59. The van der Waals surface area contributed by atoms with Crippen molar-refractivity contribution in [3.63, 3.8) is 0 Å². The summed E-state index contributed by atoms with van der Waals surface area (Å²) in [6.07, 6.45) is 0. The van der Waals surface area contributed by atoms with Crippen molar-refractivity contribution < 1.29 is 4.42 Å². The third-order valence-corrected chi connectivity index (χ3v) is 1.65. The first-order chi connectivity index (χ1) is 5.25. The quantitative estimate of drug-likeness (QED) is 0.501. The van der Waals surface area contributed by atoms with Crippen molar-refractivity contribution in [2.45, 2.75) is 6.92 Å². The standard InChI is InChI=1S/C8H8BNO/c1-5-2-3-6-7(4-5)11-8(9)10-6/h2-4H,9H2,1H3. The van der Waals surface area contributed by atoms with Crippen molar-refractivity contribution in [3.8, 4) is 0 Å². The summed E-state index contributed by atoms with van der Waals surface area (Å²) < 4.78 is 5.34. The summed E-state index contributed by atoms with van der Waals surface area (Å²) in [5, 5.41) is 0. The fourth-order valence-electron chi connectivity index (χ4n) is 1.15. The van der Waals surface area contributed by atoms with E-state index in [4.69, 9.17) is 4.42 Å². The van der Waals surface area contributed by atoms with Crippen LogP contribution >= 0.6 is 0 Å². The van der Waals surface area contributed by atoms with Gasteiger partial charge in [0, 0.05) is 0 Å². The summed E-state index contributed by atoms with van der Waals surface area (Å²) in [5.74, 6) is 0.727. The van der Waals surface area contributed by atoms with E-state index < -0.39 is 0 Å². The van der Waals surface area contributed by atoms with Crippen molar-refractivity contribution in [3.05, 3.63) is 23.8 Å². The zero-order valence-electron chi connectivity index (χ0n) is 6.59. The number of aromatic nitrogens is 1. The highest BCUT2D eigenvalue weighted by Gasteiger charge is 1.99. The maximum absolute atomic E-state index is 5.34. The third kappa shape index (κ3) is 1.02. The van der Waals surface area contributed by atoms with E-state index in [0.29, 0.717) is 0 Å². The molecule has 1 aromatic carbocycles. The van der Waals surface area contributed by atoms with Gasteiger partial charge in [-0.2, -0.15) is 0 Å². The van der Waals surface area contributed by atoms with E-state index >= 15 is 0 Å². The average molecular weight is 145 g/mol. The second kappa shape index (κ2) is 2.12. The van der Waals surface area contributed by atoms with Gasteiger partial charge in [0.1, 0.15) is 11.3 Å². The maximum atomic E-state index is 5.34. The first-order valence-corrected chi connectivity index (χ1v) is 3.59. The number of oxazole rings is 1. The highest BCUT2D eigenvalue weighted by atomic mass is 16.3. The van der Waals surface area contributed by atoms with Gasteiger partial charge in [-0.15, -0.1) is 0 Å². The van der Waals surface area contributed by atoms with Gasteiger partial charge in [0.25, 0.3) is 0 Å². The molecule has 0 bridgehead atoms. The third-order valence-electron chi connectivity index (χ3n) is 1.65. The second-order valence-corrected chi connectivity index (χ2v) is 2.70. The molecule has 0 fully saturated rings. The molecule has 0 radical (unpaired) electrons. The second-order valence-electron chi connectivity index (χ2n) is 2.70. The minimum Gasteiger partial charge on any atom is -0.452 e. The first kappa shape index (κ1) is 6.46. The Balaban J connectivity index is 2.82. The highest BCUT2D eigenvalue weighted by Crippen LogP contribution is 2.11. The number of hydrogen-bond donors (Lipinski definition) is 0. The fourth-order valence-corrected chi connectivity index (χ4v) is 1.15. The summed E-state index contributed by atoms with van der Waals surface area (Å²) in [4.78, 5) is 4.19. The van der Waals surface area contributed by atoms with E-state index in [2.05, 4.69) is 4.98 Å². The summed E-state index contributed by atoms with van der Waals surface area (Å²) in [6, 6.07) is 6.00. The van der Waals surface area contributed by atoms with E-state index in [-0.39, 0.29) is 0 Å². The van der Waals surface area contributed by atoms with Gasteiger partial charge in [-0.05, 0) is 24.6 Å². The van der Waals surface area contributed by atoms with Gasteiger partial charge < -0.3 is 4.42 Å². The average Bonchev–Trinajstić information content (AvgIpc) is 2.27. The monoisotopic (exact) mass is 145 g/mol. The van der Waals surface area contributed by atoms with Crippen LogP contribution in [0.4, 0.5) is 0 Å². The van der Waals surface area contributed by atoms with E-state index in [1.54, 1.807) is 0 Å². The van der Waals surface area contributed by atoms with Crippen LogP contribution in [0.5, 0.6) is 0 Å². The summed E-state index contributed by atoms with van der Waals surface area (Å²) >= 11 is 0. The summed E-state index contributed by atoms with van der Waals surface area (Å²) in [5.41, 5.74) is 3.02. The lowest BCUT2D eigenvalue weighted by Gasteiger charge is -1.87. The van der Waals surface area contributed by atoms with Crippen LogP contribution in [0.2, 0.25) is 0 Å². The molecule has 0 spiro atoms. The molecular formula is C8H8BNO. The lowest BCUT2D eigenvalue weighted by molar-refractivity contribution is 0.644. The van der Waals surface area contributed by atoms with E-state index in [1.807, 2.05) is 33.0 Å². The molecule has 2 nitrogen and oxygen atoms in total. The molecule has 3 heteroatoms. The Bertz CT molecular complexity index is 394. The van der Waals surface area contributed by atoms with Crippen LogP contribution in [0.3, 0.4) is 0 Å². The lowest BCUT2D eigenvalue weighted by Crippen LogP contribution is -1.99. The van der Waals surface area contributed by atoms with E-state index in [0.717, 1.165) is 16.9 Å². The van der Waals surface area contributed by atoms with Gasteiger partial charge in [-0.25, -0.2) is 4.98 Å². The largest absolute Gasteiger partial charge is 0.452 e. The van der Waals surface area contributed by atoms with Crippen LogP contribution in [0.1, 0.15) is 5.56 Å². The number of rotatable bonds is 0. The zero-order valence-corrected chi connectivity index (χ0v) is 6.59. The summed E-state index contributed by atoms with van der Waals surface area (Å²) in [7, 11) is 1.86. The number of nitrogens with zero attached hydrogens (tertiary/aromatic N) is 1. The molecule has 54 valence electrons. The Morgan fingerprint density at radius 1 is 1.45 bits per heavy atom. The van der Waals surface area contributed by atoms with Gasteiger partial charge in [-0.3, -0.25) is 0 Å². The summed E-state index contributed by atoms with van der Waals surface area (Å²) in [6.45, 7) is 2.04. The van der Waals surface area contributed by atoms with Gasteiger partial charge in [0.05, 0.1) is 0 Å². The van der Waals surface area contributed by atoms with Gasteiger partial charge in [0.2, 0.25) is 7.85 Å². The van der Waals surface area contributed by atoms with Crippen LogP contribution in [0.15, 0.2) is 22.6 Å². The Morgan fingerprint density at radius 3 is 3.09 bits per heavy atom. The van der Waals surface area contributed by atoms with Gasteiger partial charge in [0.15, 0.2) is 5.58 Å². The smallest absolute Gasteiger partial charge is 0.212 e. The van der Waals surface area contributed by atoms with Crippen LogP contribution < -0.4 is 5.79 Å². The van der Waals surface area contributed by atoms with Gasteiger partial charge >= 0.3 is 0 Å². The van der Waals surface area contributed by atoms with Crippen molar-refractivity contribution in [1.29, 1.82) is 0 Å². The van der Waals surface area contributed by atoms with E-state index in [1.165, 1.54) is 5.56 Å². The number of fused-ring (bicyclic) bond motifs is 1. The highest BCUT2D eigenvalue weighted by molar-refractivity contribution is 6.28. The number of hydrogen-bond acceptors (Lipinski definition) is 2. The maximum Gasteiger partial charge on any atom is 0.212 e. The number of aryl methyl sites for hydroxylation is 1. The molecule has 1 heterocycles. The van der Waals surface area contributed by atoms with Gasteiger partial charge in [-0.1, -0.05) is 6.07 Å². The van der Waals surface area contributed by atoms with Crippen LogP contribution in [-0.2, 0) is 0 Å².